The first-order chi connectivity index (χ1) is 17.8. The smallest absolute Gasteiger partial charge is 0.323 e. The lowest BCUT2D eigenvalue weighted by Crippen LogP contribution is -2.48. The molecule has 0 spiro atoms. The Balaban J connectivity index is 1.35. The Kier molecular flexibility index (Phi) is 6.78. The molecule has 1 saturated carbocycles. The van der Waals surface area contributed by atoms with Crippen molar-refractivity contribution in [3.8, 4) is 5.75 Å². The topological polar surface area (TPSA) is 127 Å². The lowest BCUT2D eigenvalue weighted by Gasteiger charge is -2.27. The number of carbonyl (C=O) groups is 3. The van der Waals surface area contributed by atoms with E-state index in [0.29, 0.717) is 28.6 Å². The first-order valence-electron chi connectivity index (χ1n) is 12.0. The number of ether oxygens (including phenoxy) is 1. The van der Waals surface area contributed by atoms with E-state index in [9.17, 15) is 18.8 Å². The maximum absolute atomic E-state index is 14.2. The van der Waals surface area contributed by atoms with Gasteiger partial charge in [-0.15, -0.1) is 0 Å². The molecule has 3 atom stereocenters. The molecule has 37 heavy (non-hydrogen) atoms. The van der Waals surface area contributed by atoms with Crippen LogP contribution >= 0.6 is 11.6 Å². The normalized spacial score (nSPS) is 20.1. The number of hydrogen-bond acceptors (Lipinski definition) is 5. The van der Waals surface area contributed by atoms with Gasteiger partial charge in [-0.25, -0.2) is 9.18 Å². The summed E-state index contributed by atoms with van der Waals surface area (Å²) < 4.78 is 21.0. The van der Waals surface area contributed by atoms with Gasteiger partial charge in [-0.05, 0) is 48.6 Å². The quantitative estimate of drug-likeness (QED) is 0.414. The minimum Gasteiger partial charge on any atom is -0.491 e. The van der Waals surface area contributed by atoms with Gasteiger partial charge < -0.3 is 25.8 Å². The van der Waals surface area contributed by atoms with Crippen LogP contribution in [-0.4, -0.2) is 57.7 Å². The Morgan fingerprint density at radius 1 is 1.19 bits per heavy atom. The van der Waals surface area contributed by atoms with Crippen molar-refractivity contribution in [3.63, 3.8) is 0 Å². The Labute approximate surface area is 216 Å². The summed E-state index contributed by atoms with van der Waals surface area (Å²) in [5.74, 6) is -0.442. The van der Waals surface area contributed by atoms with Crippen molar-refractivity contribution in [2.24, 2.45) is 11.7 Å². The second-order valence-corrected chi connectivity index (χ2v) is 9.74. The number of piperidine rings is 1. The molecule has 11 heteroatoms. The molecule has 2 aromatic carbocycles. The van der Waals surface area contributed by atoms with Crippen LogP contribution < -0.4 is 15.8 Å². The highest BCUT2D eigenvalue weighted by atomic mass is 35.5. The summed E-state index contributed by atoms with van der Waals surface area (Å²) in [6.45, 7) is -0.0958. The van der Waals surface area contributed by atoms with Gasteiger partial charge in [-0.1, -0.05) is 23.7 Å². The van der Waals surface area contributed by atoms with Crippen LogP contribution in [0.3, 0.4) is 0 Å². The lowest BCUT2D eigenvalue weighted by molar-refractivity contribution is -0.139. The molecule has 4 N–H and O–H groups in total. The molecule has 1 aliphatic heterocycles. The van der Waals surface area contributed by atoms with E-state index in [1.807, 2.05) is 0 Å². The van der Waals surface area contributed by atoms with E-state index >= 15 is 0 Å². The summed E-state index contributed by atoms with van der Waals surface area (Å²) >= 11 is 5.83. The zero-order chi connectivity index (χ0) is 26.3. The SMILES string of the molecule is NC(=O)n1cc(CC(=O)N2[C@@H]3C[C@@H]3C[C@H]2C(=O)NCc2cccc(Cl)c2F)c2cc(OCCO)ccc21. The fourth-order valence-corrected chi connectivity index (χ4v) is 5.34. The molecule has 194 valence electrons. The van der Waals surface area contributed by atoms with E-state index < -0.39 is 17.9 Å². The number of nitrogens with zero attached hydrogens (tertiary/aromatic N) is 2. The lowest BCUT2D eigenvalue weighted by atomic mass is 10.1. The molecule has 1 aromatic heterocycles. The van der Waals surface area contributed by atoms with Gasteiger partial charge in [-0.2, -0.15) is 0 Å². The highest BCUT2D eigenvalue weighted by Crippen LogP contribution is 2.48. The van der Waals surface area contributed by atoms with Gasteiger partial charge in [0.25, 0.3) is 0 Å². The van der Waals surface area contributed by atoms with Crippen molar-refractivity contribution in [1.29, 1.82) is 0 Å². The molecule has 9 nitrogen and oxygen atoms in total. The van der Waals surface area contributed by atoms with Crippen molar-refractivity contribution in [2.45, 2.75) is 37.9 Å². The monoisotopic (exact) mass is 528 g/mol. The minimum atomic E-state index is -0.693. The number of benzene rings is 2. The third kappa shape index (κ3) is 4.86. The van der Waals surface area contributed by atoms with Gasteiger partial charge in [-0.3, -0.25) is 14.2 Å². The van der Waals surface area contributed by atoms with E-state index in [0.717, 1.165) is 6.42 Å². The number of aromatic nitrogens is 1. The molecular formula is C26H26ClFN4O5. The molecule has 2 heterocycles. The van der Waals surface area contributed by atoms with E-state index in [1.54, 1.807) is 35.2 Å². The van der Waals surface area contributed by atoms with Gasteiger partial charge in [0.2, 0.25) is 11.8 Å². The van der Waals surface area contributed by atoms with Crippen molar-refractivity contribution in [1.82, 2.24) is 14.8 Å². The fraction of sp³-hybridized carbons (Fsp3) is 0.346. The summed E-state index contributed by atoms with van der Waals surface area (Å²) in [5, 5.41) is 12.4. The average Bonchev–Trinajstić information content (AvgIpc) is 3.39. The number of hydrogen-bond donors (Lipinski definition) is 3. The number of fused-ring (bicyclic) bond motifs is 2. The number of primary amides is 1. The molecule has 3 aromatic rings. The molecule has 2 aliphatic rings. The van der Waals surface area contributed by atoms with Gasteiger partial charge in [0, 0.05) is 29.7 Å². The average molecular weight is 529 g/mol. The van der Waals surface area contributed by atoms with Crippen molar-refractivity contribution < 1.29 is 28.6 Å². The maximum atomic E-state index is 14.2. The van der Waals surface area contributed by atoms with Gasteiger partial charge >= 0.3 is 6.03 Å². The predicted molar refractivity (Wildman–Crippen MR) is 134 cm³/mol. The molecule has 5 rings (SSSR count). The Bertz CT molecular complexity index is 1390. The van der Waals surface area contributed by atoms with Crippen molar-refractivity contribution in [2.75, 3.05) is 13.2 Å². The maximum Gasteiger partial charge on any atom is 0.323 e. The van der Waals surface area contributed by atoms with Crippen molar-refractivity contribution in [3.05, 3.63) is 64.6 Å². The number of amides is 3. The molecule has 1 aliphatic carbocycles. The molecular weight excluding hydrogens is 503 g/mol. The number of nitrogens with one attached hydrogen (secondary N) is 1. The van der Waals surface area contributed by atoms with Gasteiger partial charge in [0.1, 0.15) is 24.2 Å². The second kappa shape index (κ2) is 10.0. The summed E-state index contributed by atoms with van der Waals surface area (Å²) in [7, 11) is 0. The number of carbonyl (C=O) groups excluding carboxylic acids is 3. The van der Waals surface area contributed by atoms with Crippen LogP contribution in [0.15, 0.2) is 42.6 Å². The van der Waals surface area contributed by atoms with Crippen LogP contribution in [-0.2, 0) is 22.6 Å². The third-order valence-electron chi connectivity index (χ3n) is 6.98. The molecule has 3 amide bonds. The molecule has 0 bridgehead atoms. The van der Waals surface area contributed by atoms with Gasteiger partial charge in [0.05, 0.1) is 23.6 Å². The number of halogens is 2. The van der Waals surface area contributed by atoms with Crippen LogP contribution in [0.4, 0.5) is 9.18 Å². The molecule has 1 saturated heterocycles. The van der Waals surface area contributed by atoms with Crippen LogP contribution in [0.2, 0.25) is 5.02 Å². The predicted octanol–water partition coefficient (Wildman–Crippen LogP) is 2.58. The zero-order valence-corrected chi connectivity index (χ0v) is 20.6. The number of rotatable bonds is 8. The minimum absolute atomic E-state index is 0.0147. The summed E-state index contributed by atoms with van der Waals surface area (Å²) in [5.41, 5.74) is 6.89. The summed E-state index contributed by atoms with van der Waals surface area (Å²) in [6, 6.07) is 8.23. The van der Waals surface area contributed by atoms with E-state index in [1.165, 1.54) is 16.8 Å². The number of likely N-dealkylation sites (tertiary alicyclic amines) is 1. The fourth-order valence-electron chi connectivity index (χ4n) is 5.14. The Morgan fingerprint density at radius 2 is 2.00 bits per heavy atom. The molecule has 2 fully saturated rings. The molecule has 0 unspecified atom stereocenters. The van der Waals surface area contributed by atoms with Crippen LogP contribution in [0.1, 0.15) is 24.0 Å². The number of aliphatic hydroxyl groups excluding tert-OH is 1. The first kappa shape index (κ1) is 25.0. The zero-order valence-electron chi connectivity index (χ0n) is 19.8. The standard InChI is InChI=1S/C26H26ClFN4O5/c27-19-3-1-2-14(24(19)28)12-30-25(35)22-9-15-8-21(15)32(22)23(34)10-16-13-31(26(29)36)20-5-4-17(11-18(16)20)37-7-6-33/h1-5,11,13,15,21-22,33H,6-10,12H2,(H2,29,36)(H,30,35)/t15-,21-,22+/m1/s1. The van der Waals surface area contributed by atoms with Gasteiger partial charge in [0.15, 0.2) is 0 Å². The summed E-state index contributed by atoms with van der Waals surface area (Å²) in [4.78, 5) is 40.2. The Hall–Kier alpha value is -3.63. The summed E-state index contributed by atoms with van der Waals surface area (Å²) in [6.07, 6.45) is 2.86. The van der Waals surface area contributed by atoms with Crippen LogP contribution in [0.5, 0.6) is 5.75 Å². The highest BCUT2D eigenvalue weighted by Gasteiger charge is 2.55. The van der Waals surface area contributed by atoms with Crippen molar-refractivity contribution >= 4 is 40.3 Å². The van der Waals surface area contributed by atoms with Crippen LogP contribution in [0, 0.1) is 11.7 Å². The Morgan fingerprint density at radius 3 is 2.76 bits per heavy atom. The first-order valence-corrected chi connectivity index (χ1v) is 12.4. The highest BCUT2D eigenvalue weighted by molar-refractivity contribution is 6.30. The number of nitrogens with two attached hydrogens (primary N) is 1. The largest absolute Gasteiger partial charge is 0.491 e. The number of aliphatic hydroxyl groups is 1. The van der Waals surface area contributed by atoms with E-state index in [4.69, 9.17) is 27.2 Å². The van der Waals surface area contributed by atoms with E-state index in [2.05, 4.69) is 5.32 Å². The molecule has 0 radical (unpaired) electrons. The van der Waals surface area contributed by atoms with Crippen LogP contribution in [0.25, 0.3) is 10.9 Å². The van der Waals surface area contributed by atoms with E-state index in [-0.39, 0.29) is 60.5 Å². The third-order valence-corrected chi connectivity index (χ3v) is 7.27. The second-order valence-electron chi connectivity index (χ2n) is 9.34.